The van der Waals surface area contributed by atoms with Gasteiger partial charge in [-0.15, -0.1) is 0 Å². The fourth-order valence-corrected chi connectivity index (χ4v) is 4.41. The van der Waals surface area contributed by atoms with Gasteiger partial charge in [0.1, 0.15) is 11.4 Å². The number of hydrogen-bond acceptors (Lipinski definition) is 4. The molecule has 2 saturated heterocycles. The molecule has 2 aliphatic heterocycles. The van der Waals surface area contributed by atoms with E-state index in [1.165, 1.54) is 5.56 Å². The smallest absolute Gasteiger partial charge is 0.410 e. The number of rotatable bonds is 3. The van der Waals surface area contributed by atoms with Crippen LogP contribution in [0.15, 0.2) is 24.3 Å². The van der Waals surface area contributed by atoms with Crippen LogP contribution in [0.4, 0.5) is 4.79 Å². The molecule has 2 amide bonds. The molecule has 1 aromatic rings. The van der Waals surface area contributed by atoms with Crippen molar-refractivity contribution in [3.8, 4) is 5.75 Å². The van der Waals surface area contributed by atoms with E-state index in [0.29, 0.717) is 25.9 Å². The van der Waals surface area contributed by atoms with Crippen LogP contribution < -0.4 is 4.74 Å². The number of nitrogens with zero attached hydrogens (tertiary/aromatic N) is 2. The first-order chi connectivity index (χ1) is 14.3. The fourth-order valence-electron chi connectivity index (χ4n) is 4.41. The first kappa shape index (κ1) is 22.4. The van der Waals surface area contributed by atoms with Gasteiger partial charge in [-0.25, -0.2) is 4.79 Å². The van der Waals surface area contributed by atoms with E-state index in [4.69, 9.17) is 9.47 Å². The lowest BCUT2D eigenvalue weighted by Gasteiger charge is -2.37. The molecule has 6 heteroatoms. The van der Waals surface area contributed by atoms with Gasteiger partial charge in [0.25, 0.3) is 0 Å². The Morgan fingerprint density at radius 2 is 1.60 bits per heavy atom. The van der Waals surface area contributed by atoms with Crippen molar-refractivity contribution in [2.75, 3.05) is 26.7 Å². The van der Waals surface area contributed by atoms with Crippen LogP contribution in [0.1, 0.15) is 70.9 Å². The third-order valence-corrected chi connectivity index (χ3v) is 6.03. The van der Waals surface area contributed by atoms with E-state index in [9.17, 15) is 9.59 Å². The third kappa shape index (κ3) is 5.67. The predicted molar refractivity (Wildman–Crippen MR) is 116 cm³/mol. The minimum atomic E-state index is -0.499. The normalized spacial score (nSPS) is 21.1. The summed E-state index contributed by atoms with van der Waals surface area (Å²) in [5.74, 6) is 1.05. The van der Waals surface area contributed by atoms with Gasteiger partial charge < -0.3 is 19.3 Å². The highest BCUT2D eigenvalue weighted by molar-refractivity contribution is 5.80. The summed E-state index contributed by atoms with van der Waals surface area (Å²) in [6.07, 6.45) is 5.46. The number of carbonyl (C=O) groups excluding carboxylic acids is 2. The number of amides is 2. The predicted octanol–water partition coefficient (Wildman–Crippen LogP) is 4.79. The average molecular weight is 417 g/mol. The van der Waals surface area contributed by atoms with E-state index in [2.05, 4.69) is 17.0 Å². The largest absolute Gasteiger partial charge is 0.497 e. The van der Waals surface area contributed by atoms with E-state index < -0.39 is 5.60 Å². The first-order valence-electron chi connectivity index (χ1n) is 11.2. The van der Waals surface area contributed by atoms with E-state index in [1.54, 1.807) is 12.0 Å². The Kier molecular flexibility index (Phi) is 7.27. The van der Waals surface area contributed by atoms with Crippen LogP contribution in [0.3, 0.4) is 0 Å². The van der Waals surface area contributed by atoms with Crippen molar-refractivity contribution in [2.24, 2.45) is 5.92 Å². The minimum absolute atomic E-state index is 0.0254. The lowest BCUT2D eigenvalue weighted by atomic mass is 9.93. The van der Waals surface area contributed by atoms with Gasteiger partial charge in [0, 0.05) is 25.6 Å². The summed E-state index contributed by atoms with van der Waals surface area (Å²) in [4.78, 5) is 29.6. The molecule has 6 nitrogen and oxygen atoms in total. The number of ether oxygens (including phenoxy) is 2. The van der Waals surface area contributed by atoms with Crippen LogP contribution in [0.25, 0.3) is 0 Å². The van der Waals surface area contributed by atoms with E-state index in [-0.39, 0.29) is 24.0 Å². The summed E-state index contributed by atoms with van der Waals surface area (Å²) in [6.45, 7) is 7.58. The lowest BCUT2D eigenvalue weighted by Crippen LogP contribution is -2.46. The van der Waals surface area contributed by atoms with Gasteiger partial charge in [0.15, 0.2) is 0 Å². The number of carbonyl (C=O) groups is 2. The zero-order valence-corrected chi connectivity index (χ0v) is 18.9. The molecule has 0 spiro atoms. The number of hydrogen-bond donors (Lipinski definition) is 0. The molecule has 166 valence electrons. The Hall–Kier alpha value is -2.24. The molecule has 2 heterocycles. The zero-order chi connectivity index (χ0) is 21.7. The average Bonchev–Trinajstić information content (AvgIpc) is 2.98. The molecule has 1 atom stereocenters. The van der Waals surface area contributed by atoms with Crippen LogP contribution in [0.2, 0.25) is 0 Å². The Balaban J connectivity index is 1.65. The van der Waals surface area contributed by atoms with E-state index in [1.807, 2.05) is 32.9 Å². The van der Waals surface area contributed by atoms with E-state index in [0.717, 1.165) is 38.0 Å². The van der Waals surface area contributed by atoms with Gasteiger partial charge in [0.05, 0.1) is 13.2 Å². The standard InChI is InChI=1S/C24H36N2O4/c1-24(2,3)30-23(28)25-16-13-19(14-17-25)22(27)26-15-7-5-6-8-21(26)18-9-11-20(29-4)12-10-18/h9-12,19,21H,5-8,13-17H2,1-4H3. The van der Waals surface area contributed by atoms with Crippen molar-refractivity contribution in [3.05, 3.63) is 29.8 Å². The maximum absolute atomic E-state index is 13.5. The number of likely N-dealkylation sites (tertiary alicyclic amines) is 2. The second-order valence-electron chi connectivity index (χ2n) is 9.41. The lowest BCUT2D eigenvalue weighted by molar-refractivity contribution is -0.139. The third-order valence-electron chi connectivity index (χ3n) is 6.03. The second-order valence-corrected chi connectivity index (χ2v) is 9.41. The molecule has 0 radical (unpaired) electrons. The summed E-state index contributed by atoms with van der Waals surface area (Å²) >= 11 is 0. The quantitative estimate of drug-likeness (QED) is 0.711. The first-order valence-corrected chi connectivity index (χ1v) is 11.2. The van der Waals surface area contributed by atoms with Gasteiger partial charge >= 0.3 is 6.09 Å². The summed E-state index contributed by atoms with van der Waals surface area (Å²) in [6, 6.07) is 8.24. The molecular weight excluding hydrogens is 380 g/mol. The van der Waals surface area contributed by atoms with Crippen LogP contribution in [0.5, 0.6) is 5.75 Å². The van der Waals surface area contributed by atoms with Crippen molar-refractivity contribution >= 4 is 12.0 Å². The molecule has 0 aromatic heterocycles. The summed E-state index contributed by atoms with van der Waals surface area (Å²) in [5, 5.41) is 0. The molecule has 30 heavy (non-hydrogen) atoms. The van der Waals surface area contributed by atoms with Crippen molar-refractivity contribution in [3.63, 3.8) is 0 Å². The summed E-state index contributed by atoms with van der Waals surface area (Å²) < 4.78 is 10.8. The Labute approximate surface area is 180 Å². The van der Waals surface area contributed by atoms with Crippen molar-refractivity contribution in [1.82, 2.24) is 9.80 Å². The van der Waals surface area contributed by atoms with Crippen LogP contribution in [0, 0.1) is 5.92 Å². The maximum atomic E-state index is 13.5. The number of methoxy groups -OCH3 is 1. The molecule has 3 rings (SSSR count). The van der Waals surface area contributed by atoms with Crippen molar-refractivity contribution in [2.45, 2.75) is 70.9 Å². The molecule has 1 unspecified atom stereocenters. The van der Waals surface area contributed by atoms with Crippen LogP contribution >= 0.6 is 0 Å². The van der Waals surface area contributed by atoms with Crippen LogP contribution in [-0.4, -0.2) is 54.1 Å². The molecule has 0 aliphatic carbocycles. The highest BCUT2D eigenvalue weighted by Gasteiger charge is 2.35. The Bertz CT molecular complexity index is 718. The van der Waals surface area contributed by atoms with Gasteiger partial charge in [-0.1, -0.05) is 25.0 Å². The molecule has 2 fully saturated rings. The SMILES string of the molecule is COc1ccc(C2CCCCCN2C(=O)C2CCN(C(=O)OC(C)(C)C)CC2)cc1. The van der Waals surface area contributed by atoms with Crippen LogP contribution in [-0.2, 0) is 9.53 Å². The Morgan fingerprint density at radius 1 is 0.933 bits per heavy atom. The molecule has 0 N–H and O–H groups in total. The van der Waals surface area contributed by atoms with E-state index >= 15 is 0 Å². The van der Waals surface area contributed by atoms with Crippen molar-refractivity contribution in [1.29, 1.82) is 0 Å². The maximum Gasteiger partial charge on any atom is 0.410 e. The molecule has 2 aliphatic rings. The van der Waals surface area contributed by atoms with Gasteiger partial charge in [-0.3, -0.25) is 4.79 Å². The highest BCUT2D eigenvalue weighted by atomic mass is 16.6. The Morgan fingerprint density at radius 3 is 2.20 bits per heavy atom. The minimum Gasteiger partial charge on any atom is -0.497 e. The summed E-state index contributed by atoms with van der Waals surface area (Å²) in [7, 11) is 1.67. The van der Waals surface area contributed by atoms with Gasteiger partial charge in [-0.05, 0) is 64.2 Å². The number of benzene rings is 1. The topological polar surface area (TPSA) is 59.1 Å². The number of piperidine rings is 1. The van der Waals surface area contributed by atoms with Gasteiger partial charge in [0.2, 0.25) is 5.91 Å². The molecular formula is C24H36N2O4. The molecule has 1 aromatic carbocycles. The monoisotopic (exact) mass is 416 g/mol. The second kappa shape index (κ2) is 9.71. The molecule has 0 bridgehead atoms. The highest BCUT2D eigenvalue weighted by Crippen LogP contribution is 2.34. The summed E-state index contributed by atoms with van der Waals surface area (Å²) in [5.41, 5.74) is 0.679. The molecule has 0 saturated carbocycles. The van der Waals surface area contributed by atoms with Gasteiger partial charge in [-0.2, -0.15) is 0 Å². The zero-order valence-electron chi connectivity index (χ0n) is 18.9. The van der Waals surface area contributed by atoms with Crippen molar-refractivity contribution < 1.29 is 19.1 Å². The fraction of sp³-hybridized carbons (Fsp3) is 0.667.